The zero-order chi connectivity index (χ0) is 16.4. The van der Waals surface area contributed by atoms with Crippen molar-refractivity contribution >= 4 is 11.6 Å². The first-order valence-corrected chi connectivity index (χ1v) is 8.71. The van der Waals surface area contributed by atoms with E-state index in [0.717, 1.165) is 25.3 Å². The number of carbonyl (C=O) groups excluding carboxylic acids is 1. The van der Waals surface area contributed by atoms with Crippen molar-refractivity contribution < 1.29 is 14.4 Å². The van der Waals surface area contributed by atoms with E-state index in [2.05, 4.69) is 15.4 Å². The Morgan fingerprint density at radius 2 is 2.21 bits per heavy atom. The number of hydrogen-bond acceptors (Lipinski definition) is 5. The quantitative estimate of drug-likeness (QED) is 0.909. The first-order valence-electron chi connectivity index (χ1n) is 8.71. The Morgan fingerprint density at radius 3 is 3.08 bits per heavy atom. The second-order valence-corrected chi connectivity index (χ2v) is 6.70. The Bertz CT molecular complexity index is 619. The van der Waals surface area contributed by atoms with Gasteiger partial charge in [-0.3, -0.25) is 9.69 Å². The summed E-state index contributed by atoms with van der Waals surface area (Å²) in [6.45, 7) is 3.36. The fraction of sp³-hybridized carbons (Fsp3) is 0.556. The van der Waals surface area contributed by atoms with Crippen molar-refractivity contribution in [3.8, 4) is 0 Å². The van der Waals surface area contributed by atoms with Crippen LogP contribution in [0.3, 0.4) is 0 Å². The van der Waals surface area contributed by atoms with Crippen molar-refractivity contribution in [1.82, 2.24) is 10.2 Å². The highest BCUT2D eigenvalue weighted by Gasteiger charge is 2.33. The molecule has 0 aromatic heterocycles. The van der Waals surface area contributed by atoms with Gasteiger partial charge in [-0.15, -0.1) is 0 Å². The maximum Gasteiger partial charge on any atom is 0.269 e. The molecule has 0 saturated carbocycles. The predicted octanol–water partition coefficient (Wildman–Crippen LogP) is 1.48. The molecule has 0 radical (unpaired) electrons. The molecule has 0 bridgehead atoms. The number of fused-ring (bicyclic) bond motifs is 1. The maximum atomic E-state index is 12.3. The Labute approximate surface area is 141 Å². The van der Waals surface area contributed by atoms with E-state index in [4.69, 9.17) is 9.57 Å². The van der Waals surface area contributed by atoms with Crippen molar-refractivity contribution in [3.05, 3.63) is 35.9 Å². The lowest BCUT2D eigenvalue weighted by Gasteiger charge is -2.35. The van der Waals surface area contributed by atoms with Crippen LogP contribution in [-0.4, -0.2) is 54.9 Å². The van der Waals surface area contributed by atoms with Crippen LogP contribution in [-0.2, 0) is 14.4 Å². The Balaban J connectivity index is 1.25. The standard InChI is InChI=1S/C18H23N3O3/c22-18(16-9-17(24-20-16)13-5-2-1-3-6-13)19-10-15-11-21-8-4-7-14(21)12-23-15/h1-3,5-6,14-15,17H,4,7-12H2,(H,19,22)/t14-,15-,17-/m1/s1. The molecule has 0 aliphatic carbocycles. The highest BCUT2D eigenvalue weighted by Crippen LogP contribution is 2.27. The fourth-order valence-corrected chi connectivity index (χ4v) is 3.68. The summed E-state index contributed by atoms with van der Waals surface area (Å²) in [5.74, 6) is -0.152. The first kappa shape index (κ1) is 15.6. The fourth-order valence-electron chi connectivity index (χ4n) is 3.68. The van der Waals surface area contributed by atoms with Crippen molar-refractivity contribution in [3.63, 3.8) is 0 Å². The lowest BCUT2D eigenvalue weighted by molar-refractivity contribution is -0.116. The summed E-state index contributed by atoms with van der Waals surface area (Å²) in [6, 6.07) is 10.4. The molecule has 6 heteroatoms. The number of carbonyl (C=O) groups is 1. The number of benzene rings is 1. The van der Waals surface area contributed by atoms with E-state index >= 15 is 0 Å². The predicted molar refractivity (Wildman–Crippen MR) is 89.7 cm³/mol. The number of rotatable bonds is 4. The Morgan fingerprint density at radius 1 is 1.33 bits per heavy atom. The van der Waals surface area contributed by atoms with Gasteiger partial charge >= 0.3 is 0 Å². The van der Waals surface area contributed by atoms with Gasteiger partial charge in [0.25, 0.3) is 5.91 Å². The smallest absolute Gasteiger partial charge is 0.269 e. The summed E-state index contributed by atoms with van der Waals surface area (Å²) in [5.41, 5.74) is 1.50. The summed E-state index contributed by atoms with van der Waals surface area (Å²) in [6.07, 6.45) is 2.89. The van der Waals surface area contributed by atoms with Crippen molar-refractivity contribution in [2.45, 2.75) is 37.5 Å². The highest BCUT2D eigenvalue weighted by molar-refractivity contribution is 6.39. The SMILES string of the molecule is O=C(NC[C@@H]1CN2CCC[C@@H]2CO1)C1=NO[C@@H](c2ccccc2)C1. The van der Waals surface area contributed by atoms with E-state index in [-0.39, 0.29) is 18.1 Å². The van der Waals surface area contributed by atoms with Crippen LogP contribution < -0.4 is 5.32 Å². The second-order valence-electron chi connectivity index (χ2n) is 6.70. The van der Waals surface area contributed by atoms with Crippen molar-refractivity contribution in [2.75, 3.05) is 26.2 Å². The maximum absolute atomic E-state index is 12.3. The minimum Gasteiger partial charge on any atom is -0.387 e. The normalized spacial score (nSPS) is 29.7. The first-order chi connectivity index (χ1) is 11.8. The molecule has 4 rings (SSSR count). The number of oxime groups is 1. The van der Waals surface area contributed by atoms with Gasteiger partial charge in [0.15, 0.2) is 6.10 Å². The molecule has 2 saturated heterocycles. The highest BCUT2D eigenvalue weighted by atomic mass is 16.6. The van der Waals surface area contributed by atoms with Crippen LogP contribution in [0.4, 0.5) is 0 Å². The molecule has 6 nitrogen and oxygen atoms in total. The minimum atomic E-state index is -0.164. The van der Waals surface area contributed by atoms with Gasteiger partial charge in [0, 0.05) is 25.6 Å². The zero-order valence-electron chi connectivity index (χ0n) is 13.7. The monoisotopic (exact) mass is 329 g/mol. The van der Waals surface area contributed by atoms with Crippen molar-refractivity contribution in [2.24, 2.45) is 5.16 Å². The number of nitrogens with zero attached hydrogens (tertiary/aromatic N) is 2. The molecule has 3 aliphatic heterocycles. The minimum absolute atomic E-state index is 0.0659. The van der Waals surface area contributed by atoms with Crippen LogP contribution >= 0.6 is 0 Å². The topological polar surface area (TPSA) is 63.2 Å². The van der Waals surface area contributed by atoms with Crippen LogP contribution in [0.1, 0.15) is 30.9 Å². The van der Waals surface area contributed by atoms with Gasteiger partial charge in [0.05, 0.1) is 12.7 Å². The molecule has 128 valence electrons. The van der Waals surface area contributed by atoms with Gasteiger partial charge in [-0.1, -0.05) is 35.5 Å². The van der Waals surface area contributed by atoms with E-state index in [1.165, 1.54) is 12.8 Å². The van der Waals surface area contributed by atoms with Gasteiger partial charge in [-0.2, -0.15) is 0 Å². The van der Waals surface area contributed by atoms with E-state index in [1.807, 2.05) is 30.3 Å². The van der Waals surface area contributed by atoms with Crippen LogP contribution in [0.5, 0.6) is 0 Å². The number of nitrogens with one attached hydrogen (secondary N) is 1. The molecule has 1 aromatic rings. The van der Waals surface area contributed by atoms with E-state index in [9.17, 15) is 4.79 Å². The van der Waals surface area contributed by atoms with E-state index in [0.29, 0.717) is 24.7 Å². The molecule has 0 unspecified atom stereocenters. The summed E-state index contributed by atoms with van der Waals surface area (Å²) >= 11 is 0. The van der Waals surface area contributed by atoms with Crippen LogP contribution in [0.2, 0.25) is 0 Å². The summed E-state index contributed by atoms with van der Waals surface area (Å²) < 4.78 is 5.87. The van der Waals surface area contributed by atoms with Crippen LogP contribution in [0.25, 0.3) is 0 Å². The third kappa shape index (κ3) is 3.30. The average molecular weight is 329 g/mol. The molecule has 1 amide bonds. The van der Waals surface area contributed by atoms with Gasteiger partial charge in [0.1, 0.15) is 5.71 Å². The third-order valence-corrected chi connectivity index (χ3v) is 5.05. The summed E-state index contributed by atoms with van der Waals surface area (Å²) in [5, 5.41) is 6.91. The molecular weight excluding hydrogens is 306 g/mol. The van der Waals surface area contributed by atoms with Gasteiger partial charge in [-0.05, 0) is 24.9 Å². The molecule has 3 atom stereocenters. The molecular formula is C18H23N3O3. The molecule has 2 fully saturated rings. The van der Waals surface area contributed by atoms with Gasteiger partial charge < -0.3 is 14.9 Å². The van der Waals surface area contributed by atoms with Gasteiger partial charge in [-0.25, -0.2) is 0 Å². The molecule has 3 heterocycles. The number of ether oxygens (including phenoxy) is 1. The third-order valence-electron chi connectivity index (χ3n) is 5.05. The molecule has 24 heavy (non-hydrogen) atoms. The van der Waals surface area contributed by atoms with E-state index in [1.54, 1.807) is 0 Å². The number of morpholine rings is 1. The molecule has 1 N–H and O–H groups in total. The van der Waals surface area contributed by atoms with E-state index < -0.39 is 0 Å². The largest absolute Gasteiger partial charge is 0.387 e. The van der Waals surface area contributed by atoms with Gasteiger partial charge in [0.2, 0.25) is 0 Å². The molecule has 1 aromatic carbocycles. The lowest BCUT2D eigenvalue weighted by Crippen LogP contribution is -2.50. The average Bonchev–Trinajstić information content (AvgIpc) is 3.29. The van der Waals surface area contributed by atoms with Crippen LogP contribution in [0, 0.1) is 0 Å². The second kappa shape index (κ2) is 6.91. The molecule has 3 aliphatic rings. The lowest BCUT2D eigenvalue weighted by atomic mass is 10.0. The van der Waals surface area contributed by atoms with Crippen molar-refractivity contribution in [1.29, 1.82) is 0 Å². The summed E-state index contributed by atoms with van der Waals surface area (Å²) in [7, 11) is 0. The van der Waals surface area contributed by atoms with Crippen LogP contribution in [0.15, 0.2) is 35.5 Å². The summed E-state index contributed by atoms with van der Waals surface area (Å²) in [4.78, 5) is 20.2. The Kier molecular flexibility index (Phi) is 4.49. The zero-order valence-corrected chi connectivity index (χ0v) is 13.7. The number of amides is 1. The molecule has 0 spiro atoms. The number of hydrogen-bond donors (Lipinski definition) is 1. The Hall–Kier alpha value is -1.92.